The van der Waals surface area contributed by atoms with E-state index in [0.29, 0.717) is 25.3 Å². The van der Waals surface area contributed by atoms with Gasteiger partial charge in [0.05, 0.1) is 0 Å². The standard InChI is InChI=1S/C14H23N3O.ClH/c1-11(2)9-13(10-15)17-14(18)7-6-12-5-3-4-8-16-12;/h3-5,8,11,13H,6-7,9-10,15H2,1-2H3,(H,17,18);1H. The number of aromatic nitrogens is 1. The zero-order valence-corrected chi connectivity index (χ0v) is 12.5. The Hall–Kier alpha value is -1.13. The van der Waals surface area contributed by atoms with Gasteiger partial charge >= 0.3 is 0 Å². The van der Waals surface area contributed by atoms with Crippen molar-refractivity contribution in [2.24, 2.45) is 11.7 Å². The molecule has 1 unspecified atom stereocenters. The molecule has 1 rings (SSSR count). The molecule has 1 aromatic heterocycles. The molecular weight excluding hydrogens is 262 g/mol. The highest BCUT2D eigenvalue weighted by Crippen LogP contribution is 2.04. The maximum absolute atomic E-state index is 11.8. The number of nitrogens with one attached hydrogen (secondary N) is 1. The Morgan fingerprint density at radius 2 is 2.16 bits per heavy atom. The number of hydrogen-bond acceptors (Lipinski definition) is 3. The largest absolute Gasteiger partial charge is 0.352 e. The van der Waals surface area contributed by atoms with Crippen molar-refractivity contribution in [1.82, 2.24) is 10.3 Å². The van der Waals surface area contributed by atoms with Crippen molar-refractivity contribution in [3.05, 3.63) is 30.1 Å². The third-order valence-corrected chi connectivity index (χ3v) is 2.74. The number of carbonyl (C=O) groups excluding carboxylic acids is 1. The molecule has 1 aromatic rings. The van der Waals surface area contributed by atoms with E-state index < -0.39 is 0 Å². The molecule has 0 saturated carbocycles. The van der Waals surface area contributed by atoms with Crippen LogP contribution in [0.15, 0.2) is 24.4 Å². The predicted molar refractivity (Wildman–Crippen MR) is 80.2 cm³/mol. The number of halogens is 1. The average molecular weight is 286 g/mol. The first kappa shape index (κ1) is 17.9. The van der Waals surface area contributed by atoms with Gasteiger partial charge in [-0.15, -0.1) is 12.4 Å². The van der Waals surface area contributed by atoms with E-state index in [1.54, 1.807) is 6.20 Å². The normalized spacial score (nSPS) is 11.8. The number of aryl methyl sites for hydroxylation is 1. The minimum absolute atomic E-state index is 0. The smallest absolute Gasteiger partial charge is 0.220 e. The Morgan fingerprint density at radius 1 is 1.42 bits per heavy atom. The van der Waals surface area contributed by atoms with Crippen molar-refractivity contribution in [2.45, 2.75) is 39.2 Å². The SMILES string of the molecule is CC(C)CC(CN)NC(=O)CCc1ccccn1.Cl. The molecule has 0 spiro atoms. The minimum atomic E-state index is 0. The number of carbonyl (C=O) groups is 1. The van der Waals surface area contributed by atoms with Gasteiger partial charge in [-0.2, -0.15) is 0 Å². The molecule has 0 radical (unpaired) electrons. The maximum atomic E-state index is 11.8. The summed E-state index contributed by atoms with van der Waals surface area (Å²) < 4.78 is 0. The monoisotopic (exact) mass is 285 g/mol. The molecule has 0 aliphatic carbocycles. The van der Waals surface area contributed by atoms with Crippen LogP contribution in [0.2, 0.25) is 0 Å². The fourth-order valence-electron chi connectivity index (χ4n) is 1.87. The van der Waals surface area contributed by atoms with Crippen molar-refractivity contribution in [3.63, 3.8) is 0 Å². The highest BCUT2D eigenvalue weighted by molar-refractivity contribution is 5.85. The van der Waals surface area contributed by atoms with Crippen molar-refractivity contribution < 1.29 is 4.79 Å². The van der Waals surface area contributed by atoms with Crippen LogP contribution in [0, 0.1) is 5.92 Å². The Bertz CT molecular complexity index is 357. The van der Waals surface area contributed by atoms with Crippen LogP contribution in [-0.4, -0.2) is 23.5 Å². The van der Waals surface area contributed by atoms with Gasteiger partial charge < -0.3 is 11.1 Å². The number of nitrogens with zero attached hydrogens (tertiary/aromatic N) is 1. The van der Waals surface area contributed by atoms with E-state index in [0.717, 1.165) is 12.1 Å². The van der Waals surface area contributed by atoms with Gasteiger partial charge in [-0.25, -0.2) is 0 Å². The quantitative estimate of drug-likeness (QED) is 0.804. The van der Waals surface area contributed by atoms with Crippen LogP contribution in [0.3, 0.4) is 0 Å². The number of amides is 1. The number of rotatable bonds is 7. The Labute approximate surface area is 121 Å². The Morgan fingerprint density at radius 3 is 2.68 bits per heavy atom. The summed E-state index contributed by atoms with van der Waals surface area (Å²) in [5.74, 6) is 0.589. The first-order valence-corrected chi connectivity index (χ1v) is 6.51. The zero-order valence-electron chi connectivity index (χ0n) is 11.6. The molecule has 1 atom stereocenters. The second-order valence-electron chi connectivity index (χ2n) is 4.95. The molecule has 1 amide bonds. The molecule has 0 bridgehead atoms. The molecule has 4 nitrogen and oxygen atoms in total. The fraction of sp³-hybridized carbons (Fsp3) is 0.571. The van der Waals surface area contributed by atoms with Gasteiger partial charge in [-0.1, -0.05) is 19.9 Å². The summed E-state index contributed by atoms with van der Waals surface area (Å²) in [6, 6.07) is 5.82. The van der Waals surface area contributed by atoms with Gasteiger partial charge in [0.15, 0.2) is 0 Å². The fourth-order valence-corrected chi connectivity index (χ4v) is 1.87. The van der Waals surface area contributed by atoms with E-state index in [1.165, 1.54) is 0 Å². The first-order valence-electron chi connectivity index (χ1n) is 6.51. The van der Waals surface area contributed by atoms with Gasteiger partial charge in [0.25, 0.3) is 0 Å². The number of pyridine rings is 1. The minimum Gasteiger partial charge on any atom is -0.352 e. The Balaban J connectivity index is 0.00000324. The van der Waals surface area contributed by atoms with Crippen LogP contribution in [0.5, 0.6) is 0 Å². The van der Waals surface area contributed by atoms with Crippen LogP contribution < -0.4 is 11.1 Å². The highest BCUT2D eigenvalue weighted by atomic mass is 35.5. The summed E-state index contributed by atoms with van der Waals surface area (Å²) in [5.41, 5.74) is 6.59. The maximum Gasteiger partial charge on any atom is 0.220 e. The van der Waals surface area contributed by atoms with E-state index in [-0.39, 0.29) is 24.4 Å². The highest BCUT2D eigenvalue weighted by Gasteiger charge is 2.12. The second kappa shape index (κ2) is 9.75. The molecule has 108 valence electrons. The van der Waals surface area contributed by atoms with E-state index in [9.17, 15) is 4.79 Å². The van der Waals surface area contributed by atoms with Gasteiger partial charge in [0, 0.05) is 30.9 Å². The van der Waals surface area contributed by atoms with E-state index in [2.05, 4.69) is 24.1 Å². The van der Waals surface area contributed by atoms with Crippen LogP contribution in [0.1, 0.15) is 32.4 Å². The molecule has 0 aliphatic rings. The number of nitrogens with two attached hydrogens (primary N) is 1. The van der Waals surface area contributed by atoms with Crippen LogP contribution in [0.25, 0.3) is 0 Å². The van der Waals surface area contributed by atoms with Crippen molar-refractivity contribution in [3.8, 4) is 0 Å². The second-order valence-corrected chi connectivity index (χ2v) is 4.95. The third kappa shape index (κ3) is 7.80. The molecule has 0 aliphatic heterocycles. The number of hydrogen-bond donors (Lipinski definition) is 2. The first-order chi connectivity index (χ1) is 8.61. The molecule has 1 heterocycles. The van der Waals surface area contributed by atoms with Crippen LogP contribution >= 0.6 is 12.4 Å². The van der Waals surface area contributed by atoms with Crippen molar-refractivity contribution in [1.29, 1.82) is 0 Å². The van der Waals surface area contributed by atoms with E-state index in [1.807, 2.05) is 18.2 Å². The lowest BCUT2D eigenvalue weighted by Crippen LogP contribution is -2.41. The Kier molecular flexibility index (Phi) is 9.17. The van der Waals surface area contributed by atoms with Gasteiger partial charge in [0.1, 0.15) is 0 Å². The lowest BCUT2D eigenvalue weighted by molar-refractivity contribution is -0.121. The average Bonchev–Trinajstić information content (AvgIpc) is 2.36. The van der Waals surface area contributed by atoms with Crippen LogP contribution in [-0.2, 0) is 11.2 Å². The van der Waals surface area contributed by atoms with Gasteiger partial charge in [-0.3, -0.25) is 9.78 Å². The molecule has 0 aromatic carbocycles. The van der Waals surface area contributed by atoms with E-state index in [4.69, 9.17) is 5.73 Å². The van der Waals surface area contributed by atoms with Crippen LogP contribution in [0.4, 0.5) is 0 Å². The molecular formula is C14H24ClN3O. The summed E-state index contributed by atoms with van der Waals surface area (Å²) in [7, 11) is 0. The predicted octanol–water partition coefficient (Wildman–Crippen LogP) is 1.93. The van der Waals surface area contributed by atoms with Gasteiger partial charge in [0.2, 0.25) is 5.91 Å². The van der Waals surface area contributed by atoms with Crippen molar-refractivity contribution >= 4 is 18.3 Å². The van der Waals surface area contributed by atoms with Gasteiger partial charge in [-0.05, 0) is 30.9 Å². The summed E-state index contributed by atoms with van der Waals surface area (Å²) in [6.45, 7) is 4.75. The third-order valence-electron chi connectivity index (χ3n) is 2.74. The molecule has 0 saturated heterocycles. The summed E-state index contributed by atoms with van der Waals surface area (Å²) >= 11 is 0. The summed E-state index contributed by atoms with van der Waals surface area (Å²) in [5, 5.41) is 2.98. The van der Waals surface area contributed by atoms with Crippen molar-refractivity contribution in [2.75, 3.05) is 6.54 Å². The molecule has 0 fully saturated rings. The van der Waals surface area contributed by atoms with E-state index >= 15 is 0 Å². The summed E-state index contributed by atoms with van der Waals surface area (Å²) in [6.07, 6.45) is 3.80. The molecule has 3 N–H and O–H groups in total. The zero-order chi connectivity index (χ0) is 13.4. The molecule has 5 heteroatoms. The topological polar surface area (TPSA) is 68.0 Å². The summed E-state index contributed by atoms with van der Waals surface area (Å²) in [4.78, 5) is 16.0. The molecule has 19 heavy (non-hydrogen) atoms. The lowest BCUT2D eigenvalue weighted by Gasteiger charge is -2.18. The lowest BCUT2D eigenvalue weighted by atomic mass is 10.0.